The third kappa shape index (κ3) is 2.76. The van der Waals surface area contributed by atoms with Crippen LogP contribution in [0, 0.1) is 10.1 Å². The molecule has 1 saturated heterocycles. The minimum absolute atomic E-state index is 0.0269. The summed E-state index contributed by atoms with van der Waals surface area (Å²) in [6.07, 6.45) is 3.68. The molecule has 2 rings (SSSR count). The molecule has 6 heteroatoms. The van der Waals surface area contributed by atoms with Crippen LogP contribution in [0.5, 0.6) is 0 Å². The summed E-state index contributed by atoms with van der Waals surface area (Å²) in [7, 11) is 0. The highest BCUT2D eigenvalue weighted by Crippen LogP contribution is 2.29. The van der Waals surface area contributed by atoms with Crippen molar-refractivity contribution in [2.24, 2.45) is 0 Å². The molecule has 1 aliphatic heterocycles. The van der Waals surface area contributed by atoms with Crippen molar-refractivity contribution < 1.29 is 10.0 Å². The molecule has 0 aromatic carbocycles. The lowest BCUT2D eigenvalue weighted by molar-refractivity contribution is -0.384. The van der Waals surface area contributed by atoms with E-state index >= 15 is 0 Å². The van der Waals surface area contributed by atoms with Gasteiger partial charge >= 0.3 is 5.69 Å². The van der Waals surface area contributed by atoms with Crippen molar-refractivity contribution in [3.63, 3.8) is 0 Å². The molecule has 98 valence electrons. The van der Waals surface area contributed by atoms with Gasteiger partial charge in [-0.3, -0.25) is 10.1 Å². The van der Waals surface area contributed by atoms with Gasteiger partial charge in [0.25, 0.3) is 0 Å². The van der Waals surface area contributed by atoms with E-state index < -0.39 is 10.5 Å². The minimum atomic E-state index is -0.682. The second-order valence-electron chi connectivity index (χ2n) is 4.94. The van der Waals surface area contributed by atoms with E-state index in [1.54, 1.807) is 12.3 Å². The predicted molar refractivity (Wildman–Crippen MR) is 67.6 cm³/mol. The normalized spacial score (nSPS) is 24.7. The topological polar surface area (TPSA) is 79.5 Å². The monoisotopic (exact) mass is 251 g/mol. The van der Waals surface area contributed by atoms with Gasteiger partial charge in [0.05, 0.1) is 10.5 Å². The first-order chi connectivity index (χ1) is 8.49. The Morgan fingerprint density at radius 2 is 2.28 bits per heavy atom. The molecule has 1 unspecified atom stereocenters. The van der Waals surface area contributed by atoms with Gasteiger partial charge in [0.1, 0.15) is 0 Å². The zero-order valence-corrected chi connectivity index (χ0v) is 10.4. The summed E-state index contributed by atoms with van der Waals surface area (Å²) in [5.74, 6) is 0.403. The Kier molecular flexibility index (Phi) is 3.47. The molecule has 1 aliphatic rings. The minimum Gasteiger partial charge on any atom is -0.390 e. The average Bonchev–Trinajstić information content (AvgIpc) is 2.50. The molecule has 2 heterocycles. The van der Waals surface area contributed by atoms with Crippen molar-refractivity contribution in [2.75, 3.05) is 18.0 Å². The largest absolute Gasteiger partial charge is 0.390 e. The van der Waals surface area contributed by atoms with Crippen molar-refractivity contribution >= 4 is 11.5 Å². The summed E-state index contributed by atoms with van der Waals surface area (Å²) in [5, 5.41) is 21.0. The number of nitro groups is 1. The fourth-order valence-electron chi connectivity index (χ4n) is 2.25. The molecular formula is C12H17N3O3. The van der Waals surface area contributed by atoms with Crippen LogP contribution in [0.2, 0.25) is 0 Å². The fraction of sp³-hybridized carbons (Fsp3) is 0.583. The summed E-state index contributed by atoms with van der Waals surface area (Å²) in [6, 6.07) is 3.03. The molecule has 0 amide bonds. The predicted octanol–water partition coefficient (Wildman–Crippen LogP) is 1.73. The van der Waals surface area contributed by atoms with Gasteiger partial charge in [0, 0.05) is 25.4 Å². The van der Waals surface area contributed by atoms with E-state index in [-0.39, 0.29) is 5.69 Å². The van der Waals surface area contributed by atoms with Gasteiger partial charge in [0.2, 0.25) is 5.82 Å². The highest BCUT2D eigenvalue weighted by Gasteiger charge is 2.28. The average molecular weight is 251 g/mol. The first kappa shape index (κ1) is 12.8. The molecule has 1 aromatic rings. The SMILES string of the molecule is CC1(O)CCCN(c2ncccc2[N+](=O)[O-])CC1. The molecule has 1 atom stereocenters. The van der Waals surface area contributed by atoms with Crippen LogP contribution in [0.4, 0.5) is 11.5 Å². The van der Waals surface area contributed by atoms with Crippen LogP contribution in [-0.2, 0) is 0 Å². The van der Waals surface area contributed by atoms with Gasteiger partial charge in [0.15, 0.2) is 0 Å². The third-order valence-corrected chi connectivity index (χ3v) is 3.33. The zero-order valence-electron chi connectivity index (χ0n) is 10.4. The standard InChI is InChI=1S/C12H17N3O3/c1-12(16)5-3-8-14(9-6-12)11-10(15(17)18)4-2-7-13-11/h2,4,7,16H,3,5-6,8-9H2,1H3. The van der Waals surface area contributed by atoms with Crippen LogP contribution in [0.25, 0.3) is 0 Å². The number of aromatic nitrogens is 1. The van der Waals surface area contributed by atoms with E-state index in [2.05, 4.69) is 4.98 Å². The summed E-state index contributed by atoms with van der Waals surface area (Å²) in [4.78, 5) is 16.6. The van der Waals surface area contributed by atoms with Crippen LogP contribution in [0.3, 0.4) is 0 Å². The number of aliphatic hydroxyl groups is 1. The Morgan fingerprint density at radius 3 is 3.00 bits per heavy atom. The van der Waals surface area contributed by atoms with Crippen LogP contribution in [0.15, 0.2) is 18.3 Å². The fourth-order valence-corrected chi connectivity index (χ4v) is 2.25. The van der Waals surface area contributed by atoms with E-state index in [9.17, 15) is 15.2 Å². The Morgan fingerprint density at radius 1 is 1.50 bits per heavy atom. The maximum absolute atomic E-state index is 11.0. The summed E-state index contributed by atoms with van der Waals surface area (Å²) >= 11 is 0. The molecule has 0 aliphatic carbocycles. The molecule has 18 heavy (non-hydrogen) atoms. The van der Waals surface area contributed by atoms with E-state index in [0.29, 0.717) is 31.7 Å². The summed E-state index contributed by atoms with van der Waals surface area (Å²) in [6.45, 7) is 3.09. The molecule has 1 N–H and O–H groups in total. The van der Waals surface area contributed by atoms with Crippen molar-refractivity contribution in [3.8, 4) is 0 Å². The van der Waals surface area contributed by atoms with Crippen LogP contribution >= 0.6 is 0 Å². The molecule has 6 nitrogen and oxygen atoms in total. The quantitative estimate of drug-likeness (QED) is 0.639. The number of rotatable bonds is 2. The number of pyridine rings is 1. The van der Waals surface area contributed by atoms with Crippen molar-refractivity contribution in [3.05, 3.63) is 28.4 Å². The summed E-state index contributed by atoms with van der Waals surface area (Å²) in [5.41, 5.74) is -0.655. The first-order valence-corrected chi connectivity index (χ1v) is 6.06. The van der Waals surface area contributed by atoms with Gasteiger partial charge in [-0.25, -0.2) is 4.98 Å². The van der Waals surface area contributed by atoms with Gasteiger partial charge in [-0.15, -0.1) is 0 Å². The third-order valence-electron chi connectivity index (χ3n) is 3.33. The van der Waals surface area contributed by atoms with Crippen LogP contribution in [0.1, 0.15) is 26.2 Å². The van der Waals surface area contributed by atoms with Crippen LogP contribution < -0.4 is 4.90 Å². The maximum Gasteiger partial charge on any atom is 0.311 e. The van der Waals surface area contributed by atoms with Crippen LogP contribution in [-0.4, -0.2) is 33.7 Å². The second-order valence-corrected chi connectivity index (χ2v) is 4.94. The van der Waals surface area contributed by atoms with E-state index in [0.717, 1.165) is 6.42 Å². The maximum atomic E-state index is 11.0. The molecule has 0 bridgehead atoms. The molecule has 0 saturated carbocycles. The number of anilines is 1. The van der Waals surface area contributed by atoms with Gasteiger partial charge in [-0.1, -0.05) is 0 Å². The molecular weight excluding hydrogens is 234 g/mol. The Labute approximate surface area is 105 Å². The number of hydrogen-bond acceptors (Lipinski definition) is 5. The van der Waals surface area contributed by atoms with E-state index in [1.807, 2.05) is 11.8 Å². The first-order valence-electron chi connectivity index (χ1n) is 6.06. The lowest BCUT2D eigenvalue weighted by Crippen LogP contribution is -2.29. The van der Waals surface area contributed by atoms with Crippen molar-refractivity contribution in [1.82, 2.24) is 4.98 Å². The molecule has 0 spiro atoms. The van der Waals surface area contributed by atoms with E-state index in [1.165, 1.54) is 6.07 Å². The molecule has 1 fully saturated rings. The molecule has 0 radical (unpaired) electrons. The Hall–Kier alpha value is -1.69. The highest BCUT2D eigenvalue weighted by atomic mass is 16.6. The molecule has 1 aromatic heterocycles. The smallest absolute Gasteiger partial charge is 0.311 e. The Balaban J connectivity index is 2.24. The summed E-state index contributed by atoms with van der Waals surface area (Å²) < 4.78 is 0. The Bertz CT molecular complexity index is 448. The van der Waals surface area contributed by atoms with Gasteiger partial charge < -0.3 is 10.0 Å². The lowest BCUT2D eigenvalue weighted by Gasteiger charge is -2.22. The number of hydrogen-bond donors (Lipinski definition) is 1. The second kappa shape index (κ2) is 4.89. The number of nitrogens with zero attached hydrogens (tertiary/aromatic N) is 3. The van der Waals surface area contributed by atoms with E-state index in [4.69, 9.17) is 0 Å². The highest BCUT2D eigenvalue weighted by molar-refractivity contribution is 5.57. The van der Waals surface area contributed by atoms with Gasteiger partial charge in [-0.05, 0) is 32.3 Å². The lowest BCUT2D eigenvalue weighted by atomic mass is 9.98. The zero-order chi connectivity index (χ0) is 13.2. The van der Waals surface area contributed by atoms with Crippen molar-refractivity contribution in [2.45, 2.75) is 31.8 Å². The van der Waals surface area contributed by atoms with Crippen molar-refractivity contribution in [1.29, 1.82) is 0 Å². The van der Waals surface area contributed by atoms with Gasteiger partial charge in [-0.2, -0.15) is 0 Å².